The van der Waals surface area contributed by atoms with E-state index < -0.39 is 12.0 Å². The van der Waals surface area contributed by atoms with Gasteiger partial charge in [-0.3, -0.25) is 9.59 Å². The lowest BCUT2D eigenvalue weighted by Crippen LogP contribution is -2.43. The standard InChI is InChI=1S/C22H25NO5S/c1-12-9-13(2)20(15(4)14(12)3)18(25)10-28-22(26)17-11-29-21(23(17)16(5)24)19-7-6-8-27-19/h6-9,17,21H,10-11H2,1-5H3/t17-,21-/m1/s1. The van der Waals surface area contributed by atoms with Gasteiger partial charge < -0.3 is 14.1 Å². The van der Waals surface area contributed by atoms with E-state index in [1.54, 1.807) is 12.1 Å². The van der Waals surface area contributed by atoms with Gasteiger partial charge in [0.2, 0.25) is 11.7 Å². The number of hydrogen-bond donors (Lipinski definition) is 0. The minimum atomic E-state index is -0.748. The molecule has 1 aromatic heterocycles. The van der Waals surface area contributed by atoms with Gasteiger partial charge in [-0.2, -0.15) is 0 Å². The van der Waals surface area contributed by atoms with E-state index in [1.807, 2.05) is 33.8 Å². The molecule has 3 rings (SSSR count). The number of hydrogen-bond acceptors (Lipinski definition) is 6. The van der Waals surface area contributed by atoms with Crippen molar-refractivity contribution >= 4 is 29.4 Å². The first kappa shape index (κ1) is 21.2. The van der Waals surface area contributed by atoms with Crippen LogP contribution >= 0.6 is 11.8 Å². The van der Waals surface area contributed by atoms with Crippen molar-refractivity contribution in [3.8, 4) is 0 Å². The van der Waals surface area contributed by atoms with E-state index in [0.29, 0.717) is 17.1 Å². The molecule has 154 valence electrons. The van der Waals surface area contributed by atoms with Crippen LogP contribution in [-0.2, 0) is 14.3 Å². The molecule has 0 aliphatic carbocycles. The highest BCUT2D eigenvalue weighted by molar-refractivity contribution is 7.99. The third-order valence-electron chi connectivity index (χ3n) is 5.40. The molecule has 1 fully saturated rings. The maximum Gasteiger partial charge on any atom is 0.330 e. The van der Waals surface area contributed by atoms with Crippen LogP contribution in [0.5, 0.6) is 0 Å². The van der Waals surface area contributed by atoms with E-state index in [0.717, 1.165) is 22.3 Å². The smallest absolute Gasteiger partial charge is 0.330 e. The Hall–Kier alpha value is -2.54. The Morgan fingerprint density at radius 1 is 1.17 bits per heavy atom. The van der Waals surface area contributed by atoms with Crippen molar-refractivity contribution in [1.29, 1.82) is 0 Å². The summed E-state index contributed by atoms with van der Waals surface area (Å²) in [6.07, 6.45) is 1.53. The summed E-state index contributed by atoms with van der Waals surface area (Å²) < 4.78 is 10.8. The number of esters is 1. The van der Waals surface area contributed by atoms with E-state index in [9.17, 15) is 14.4 Å². The molecule has 1 saturated heterocycles. The zero-order valence-electron chi connectivity index (χ0n) is 17.3. The zero-order chi connectivity index (χ0) is 21.3. The lowest BCUT2D eigenvalue weighted by atomic mass is 9.92. The van der Waals surface area contributed by atoms with Gasteiger partial charge in [-0.25, -0.2) is 4.79 Å². The van der Waals surface area contributed by atoms with E-state index in [1.165, 1.54) is 29.8 Å². The van der Waals surface area contributed by atoms with Crippen LogP contribution in [0.4, 0.5) is 0 Å². The molecule has 0 N–H and O–H groups in total. The van der Waals surface area contributed by atoms with E-state index in [-0.39, 0.29) is 23.7 Å². The summed E-state index contributed by atoms with van der Waals surface area (Å²) in [7, 11) is 0. The van der Waals surface area contributed by atoms with Gasteiger partial charge in [-0.15, -0.1) is 11.8 Å². The number of nitrogens with zero attached hydrogens (tertiary/aromatic N) is 1. The van der Waals surface area contributed by atoms with Gasteiger partial charge in [0.15, 0.2) is 6.61 Å². The number of amides is 1. The van der Waals surface area contributed by atoms with Crippen molar-refractivity contribution in [2.75, 3.05) is 12.4 Å². The van der Waals surface area contributed by atoms with Crippen LogP contribution in [0.2, 0.25) is 0 Å². The molecule has 1 amide bonds. The van der Waals surface area contributed by atoms with Crippen LogP contribution in [0, 0.1) is 27.7 Å². The summed E-state index contributed by atoms with van der Waals surface area (Å²) in [5, 5.41) is -0.375. The van der Waals surface area contributed by atoms with Crippen LogP contribution in [0.25, 0.3) is 0 Å². The fourth-order valence-corrected chi connectivity index (χ4v) is 5.16. The molecule has 2 aromatic rings. The summed E-state index contributed by atoms with van der Waals surface area (Å²) in [6.45, 7) is 8.84. The number of carbonyl (C=O) groups is 3. The van der Waals surface area contributed by atoms with Crippen molar-refractivity contribution < 1.29 is 23.5 Å². The largest absolute Gasteiger partial charge is 0.466 e. The third-order valence-corrected chi connectivity index (χ3v) is 6.69. The van der Waals surface area contributed by atoms with E-state index >= 15 is 0 Å². The Morgan fingerprint density at radius 3 is 2.52 bits per heavy atom. The average molecular weight is 416 g/mol. The lowest BCUT2D eigenvalue weighted by Gasteiger charge is -2.25. The first-order chi connectivity index (χ1) is 13.7. The molecule has 0 bridgehead atoms. The molecule has 1 aliphatic rings. The maximum absolute atomic E-state index is 12.8. The average Bonchev–Trinajstić information content (AvgIpc) is 3.33. The first-order valence-corrected chi connectivity index (χ1v) is 10.5. The maximum atomic E-state index is 12.8. The molecule has 0 spiro atoms. The van der Waals surface area contributed by atoms with Crippen LogP contribution < -0.4 is 0 Å². The van der Waals surface area contributed by atoms with Crippen molar-refractivity contribution in [2.24, 2.45) is 0 Å². The zero-order valence-corrected chi connectivity index (χ0v) is 18.1. The summed E-state index contributed by atoms with van der Waals surface area (Å²) in [4.78, 5) is 39.1. The van der Waals surface area contributed by atoms with Gasteiger partial charge in [-0.05, 0) is 62.1 Å². The molecule has 1 aromatic carbocycles. The van der Waals surface area contributed by atoms with Crippen molar-refractivity contribution in [3.63, 3.8) is 0 Å². The quantitative estimate of drug-likeness (QED) is 0.544. The van der Waals surface area contributed by atoms with Crippen LogP contribution in [0.1, 0.15) is 50.7 Å². The number of ketones is 1. The fourth-order valence-electron chi connectivity index (χ4n) is 3.74. The number of rotatable bonds is 5. The monoisotopic (exact) mass is 415 g/mol. The van der Waals surface area contributed by atoms with Crippen LogP contribution in [0.15, 0.2) is 28.9 Å². The van der Waals surface area contributed by atoms with E-state index in [2.05, 4.69) is 0 Å². The predicted octanol–water partition coefficient (Wildman–Crippen LogP) is 3.90. The molecule has 29 heavy (non-hydrogen) atoms. The highest BCUT2D eigenvalue weighted by Crippen LogP contribution is 2.41. The third kappa shape index (κ3) is 4.10. The number of furan rings is 1. The summed E-state index contributed by atoms with van der Waals surface area (Å²) in [5.41, 5.74) is 4.55. The molecule has 2 heterocycles. The second kappa shape index (κ2) is 8.45. The van der Waals surface area contributed by atoms with Gasteiger partial charge in [0, 0.05) is 18.2 Å². The fraction of sp³-hybridized carbons (Fsp3) is 0.409. The van der Waals surface area contributed by atoms with Crippen LogP contribution in [-0.4, -0.2) is 41.0 Å². The Balaban J connectivity index is 1.72. The molecule has 0 unspecified atom stereocenters. The molecule has 0 saturated carbocycles. The van der Waals surface area contributed by atoms with E-state index in [4.69, 9.17) is 9.15 Å². The van der Waals surface area contributed by atoms with Gasteiger partial charge in [0.25, 0.3) is 0 Å². The number of benzene rings is 1. The molecular formula is C22H25NO5S. The summed E-state index contributed by atoms with van der Waals surface area (Å²) in [6, 6.07) is 4.74. The molecular weight excluding hydrogens is 390 g/mol. The Morgan fingerprint density at radius 2 is 1.90 bits per heavy atom. The van der Waals surface area contributed by atoms with Gasteiger partial charge in [0.05, 0.1) is 6.26 Å². The van der Waals surface area contributed by atoms with Gasteiger partial charge in [0.1, 0.15) is 17.2 Å². The Labute approximate surface area is 174 Å². The molecule has 6 nitrogen and oxygen atoms in total. The highest BCUT2D eigenvalue weighted by atomic mass is 32.2. The first-order valence-electron chi connectivity index (χ1n) is 9.43. The van der Waals surface area contributed by atoms with Crippen LogP contribution in [0.3, 0.4) is 0 Å². The minimum absolute atomic E-state index is 0.237. The number of carbonyl (C=O) groups excluding carboxylic acids is 3. The number of aryl methyl sites for hydroxylation is 2. The topological polar surface area (TPSA) is 76.8 Å². The Bertz CT molecular complexity index is 951. The summed E-state index contributed by atoms with van der Waals surface area (Å²) in [5.74, 6) is -0.0589. The van der Waals surface area contributed by atoms with Crippen molar-refractivity contribution in [1.82, 2.24) is 4.90 Å². The van der Waals surface area contributed by atoms with Gasteiger partial charge >= 0.3 is 5.97 Å². The lowest BCUT2D eigenvalue weighted by molar-refractivity contribution is -0.152. The predicted molar refractivity (Wildman–Crippen MR) is 111 cm³/mol. The van der Waals surface area contributed by atoms with Crippen molar-refractivity contribution in [2.45, 2.75) is 46.0 Å². The molecule has 0 radical (unpaired) electrons. The molecule has 7 heteroatoms. The highest BCUT2D eigenvalue weighted by Gasteiger charge is 2.43. The SMILES string of the molecule is CC(=O)N1[C@@H](C(=O)OCC(=O)c2c(C)cc(C)c(C)c2C)CS[C@@H]1c1ccco1. The second-order valence-corrected chi connectivity index (χ2v) is 8.42. The normalized spacial score (nSPS) is 18.7. The number of thioether (sulfide) groups is 1. The second-order valence-electron chi connectivity index (χ2n) is 7.31. The number of ether oxygens (including phenoxy) is 1. The molecule has 1 aliphatic heterocycles. The van der Waals surface area contributed by atoms with Gasteiger partial charge in [-0.1, -0.05) is 6.07 Å². The number of Topliss-reactive ketones (excluding diaryl/α,β-unsaturated/α-hetero) is 1. The van der Waals surface area contributed by atoms with Crippen molar-refractivity contribution in [3.05, 3.63) is 58.0 Å². The minimum Gasteiger partial charge on any atom is -0.466 e. The Kier molecular flexibility index (Phi) is 6.17. The summed E-state index contributed by atoms with van der Waals surface area (Å²) >= 11 is 1.44. The molecule has 2 atom stereocenters.